The number of rotatable bonds is 6. The van der Waals surface area contributed by atoms with E-state index in [9.17, 15) is 0 Å². The maximum absolute atomic E-state index is 4.69. The Kier molecular flexibility index (Phi) is 10.1. The molecule has 0 amide bonds. The first-order valence-electron chi connectivity index (χ1n) is 8.47. The first kappa shape index (κ1) is 20.7. The topological polar surface area (TPSA) is 39.7 Å². The van der Waals surface area contributed by atoms with E-state index in [0.29, 0.717) is 6.04 Å². The molecule has 4 nitrogen and oxygen atoms in total. The van der Waals surface area contributed by atoms with Crippen LogP contribution in [0.25, 0.3) is 0 Å². The van der Waals surface area contributed by atoms with Crippen molar-refractivity contribution in [3.8, 4) is 0 Å². The Hall–Kier alpha value is -0.340. The molecule has 2 N–H and O–H groups in total. The van der Waals surface area contributed by atoms with Gasteiger partial charge in [-0.05, 0) is 57.5 Å². The predicted octanol–water partition coefficient (Wildman–Crippen LogP) is 3.54. The summed E-state index contributed by atoms with van der Waals surface area (Å²) in [4.78, 5) is 8.58. The van der Waals surface area contributed by atoms with Gasteiger partial charge in [-0.25, -0.2) is 4.99 Å². The fourth-order valence-electron chi connectivity index (χ4n) is 2.88. The van der Waals surface area contributed by atoms with Crippen molar-refractivity contribution in [1.29, 1.82) is 0 Å². The molecule has 1 aromatic heterocycles. The van der Waals surface area contributed by atoms with E-state index in [1.165, 1.54) is 30.8 Å². The minimum Gasteiger partial charge on any atom is -0.357 e. The Morgan fingerprint density at radius 3 is 2.91 bits per heavy atom. The normalized spacial score (nSPS) is 19.5. The quantitative estimate of drug-likeness (QED) is 0.396. The van der Waals surface area contributed by atoms with Gasteiger partial charge in [0.1, 0.15) is 0 Å². The third kappa shape index (κ3) is 7.39. The van der Waals surface area contributed by atoms with Gasteiger partial charge in [0.15, 0.2) is 5.96 Å². The summed E-state index contributed by atoms with van der Waals surface area (Å²) < 4.78 is 0. The molecule has 2 heterocycles. The molecule has 0 bridgehead atoms. The molecule has 1 aliphatic heterocycles. The molecule has 23 heavy (non-hydrogen) atoms. The molecular formula is C17H31IN4S. The lowest BCUT2D eigenvalue weighted by atomic mass is 9.97. The lowest BCUT2D eigenvalue weighted by Gasteiger charge is -2.35. The van der Waals surface area contributed by atoms with E-state index in [0.717, 1.165) is 31.5 Å². The highest BCUT2D eigenvalue weighted by Gasteiger charge is 2.21. The van der Waals surface area contributed by atoms with E-state index in [2.05, 4.69) is 58.8 Å². The van der Waals surface area contributed by atoms with Gasteiger partial charge < -0.3 is 15.5 Å². The first-order chi connectivity index (χ1) is 10.7. The maximum Gasteiger partial charge on any atom is 0.191 e. The Labute approximate surface area is 162 Å². The molecule has 0 aromatic carbocycles. The number of hydrogen-bond acceptors (Lipinski definition) is 3. The van der Waals surface area contributed by atoms with Gasteiger partial charge in [0, 0.05) is 30.6 Å². The van der Waals surface area contributed by atoms with Gasteiger partial charge in [-0.2, -0.15) is 0 Å². The van der Waals surface area contributed by atoms with E-state index in [1.807, 2.05) is 0 Å². The first-order valence-corrected chi connectivity index (χ1v) is 9.35. The van der Waals surface area contributed by atoms with Crippen LogP contribution in [0.4, 0.5) is 0 Å². The van der Waals surface area contributed by atoms with Crippen molar-refractivity contribution in [1.82, 2.24) is 15.5 Å². The summed E-state index contributed by atoms with van der Waals surface area (Å²) in [5, 5.41) is 8.98. The van der Waals surface area contributed by atoms with E-state index in [4.69, 9.17) is 0 Å². The summed E-state index contributed by atoms with van der Waals surface area (Å²) in [6.07, 6.45) is 2.63. The average Bonchev–Trinajstić information content (AvgIpc) is 3.03. The van der Waals surface area contributed by atoms with Crippen molar-refractivity contribution in [2.75, 3.05) is 26.2 Å². The molecule has 1 saturated heterocycles. The van der Waals surface area contributed by atoms with Crippen LogP contribution in [0.5, 0.6) is 0 Å². The monoisotopic (exact) mass is 450 g/mol. The summed E-state index contributed by atoms with van der Waals surface area (Å²) in [6, 6.07) is 4.88. The van der Waals surface area contributed by atoms with Crippen molar-refractivity contribution in [2.45, 2.75) is 46.2 Å². The highest BCUT2D eigenvalue weighted by molar-refractivity contribution is 14.0. The number of nitrogens with one attached hydrogen (secondary N) is 2. The predicted molar refractivity (Wildman–Crippen MR) is 112 cm³/mol. The number of nitrogens with zero attached hydrogens (tertiary/aromatic N) is 2. The van der Waals surface area contributed by atoms with Gasteiger partial charge >= 0.3 is 0 Å². The molecule has 1 fully saturated rings. The fraction of sp³-hybridized carbons (Fsp3) is 0.706. The molecule has 2 rings (SSSR count). The Balaban J connectivity index is 0.00000264. The molecule has 0 spiro atoms. The average molecular weight is 450 g/mol. The zero-order valence-corrected chi connectivity index (χ0v) is 17.7. The zero-order valence-electron chi connectivity index (χ0n) is 14.5. The molecule has 1 atom stereocenters. The maximum atomic E-state index is 4.69. The second kappa shape index (κ2) is 11.3. The smallest absolute Gasteiger partial charge is 0.191 e. The van der Waals surface area contributed by atoms with E-state index >= 15 is 0 Å². The SMILES string of the molecule is CCNC(=NCc1cccs1)NCC1CCCN(C(C)C)C1.I. The lowest BCUT2D eigenvalue weighted by Crippen LogP contribution is -2.46. The van der Waals surface area contributed by atoms with Gasteiger partial charge in [0.25, 0.3) is 0 Å². The molecule has 0 radical (unpaired) electrons. The van der Waals surface area contributed by atoms with Crippen LogP contribution >= 0.6 is 35.3 Å². The molecule has 132 valence electrons. The van der Waals surface area contributed by atoms with E-state index < -0.39 is 0 Å². The highest BCUT2D eigenvalue weighted by atomic mass is 127. The number of hydrogen-bond donors (Lipinski definition) is 2. The molecule has 6 heteroatoms. The van der Waals surface area contributed by atoms with Gasteiger partial charge in [-0.1, -0.05) is 6.07 Å². The second-order valence-electron chi connectivity index (χ2n) is 6.25. The van der Waals surface area contributed by atoms with Gasteiger partial charge in [0.2, 0.25) is 0 Å². The second-order valence-corrected chi connectivity index (χ2v) is 7.28. The molecule has 1 aromatic rings. The van der Waals surface area contributed by atoms with Crippen molar-refractivity contribution >= 4 is 41.3 Å². The third-order valence-corrected chi connectivity index (χ3v) is 5.02. The van der Waals surface area contributed by atoms with Crippen LogP contribution in [0.2, 0.25) is 0 Å². The Morgan fingerprint density at radius 2 is 2.26 bits per heavy atom. The van der Waals surface area contributed by atoms with Crippen LogP contribution in [0.15, 0.2) is 22.5 Å². The summed E-state index contributed by atoms with van der Waals surface area (Å²) in [5.74, 6) is 1.67. The standard InChI is InChI=1S/C17H30N4S.HI/c1-4-18-17(20-12-16-8-6-10-22-16)19-11-15-7-5-9-21(13-15)14(2)3;/h6,8,10,14-15H,4-5,7,9,11-13H2,1-3H3,(H2,18,19,20);1H. The number of guanidine groups is 1. The molecule has 0 saturated carbocycles. The largest absolute Gasteiger partial charge is 0.357 e. The highest BCUT2D eigenvalue weighted by Crippen LogP contribution is 2.17. The van der Waals surface area contributed by atoms with Crippen LogP contribution in [0.3, 0.4) is 0 Å². The van der Waals surface area contributed by atoms with Crippen molar-refractivity contribution in [2.24, 2.45) is 10.9 Å². The number of piperidine rings is 1. The van der Waals surface area contributed by atoms with Crippen molar-refractivity contribution in [3.05, 3.63) is 22.4 Å². The van der Waals surface area contributed by atoms with Crippen LogP contribution in [-0.2, 0) is 6.54 Å². The lowest BCUT2D eigenvalue weighted by molar-refractivity contribution is 0.141. The molecular weight excluding hydrogens is 419 g/mol. The zero-order chi connectivity index (χ0) is 15.8. The number of thiophene rings is 1. The molecule has 1 aliphatic rings. The third-order valence-electron chi connectivity index (χ3n) is 4.16. The van der Waals surface area contributed by atoms with Gasteiger partial charge in [-0.15, -0.1) is 35.3 Å². The van der Waals surface area contributed by atoms with Crippen molar-refractivity contribution < 1.29 is 0 Å². The number of aliphatic imine (C=N–C) groups is 1. The number of halogens is 1. The summed E-state index contributed by atoms with van der Waals surface area (Å²) in [6.45, 7) is 11.8. The summed E-state index contributed by atoms with van der Waals surface area (Å²) in [5.41, 5.74) is 0. The minimum absolute atomic E-state index is 0. The van der Waals surface area contributed by atoms with E-state index in [1.54, 1.807) is 11.3 Å². The van der Waals surface area contributed by atoms with Crippen LogP contribution in [0.1, 0.15) is 38.5 Å². The molecule has 0 aliphatic carbocycles. The minimum atomic E-state index is 0. The Morgan fingerprint density at radius 1 is 1.43 bits per heavy atom. The Bertz CT molecular complexity index is 447. The van der Waals surface area contributed by atoms with E-state index in [-0.39, 0.29) is 24.0 Å². The molecule has 1 unspecified atom stereocenters. The van der Waals surface area contributed by atoms with Crippen LogP contribution < -0.4 is 10.6 Å². The van der Waals surface area contributed by atoms with Crippen LogP contribution in [0, 0.1) is 5.92 Å². The fourth-order valence-corrected chi connectivity index (χ4v) is 3.50. The summed E-state index contributed by atoms with van der Waals surface area (Å²) in [7, 11) is 0. The van der Waals surface area contributed by atoms with Gasteiger partial charge in [-0.3, -0.25) is 0 Å². The van der Waals surface area contributed by atoms with Gasteiger partial charge in [0.05, 0.1) is 6.54 Å². The summed E-state index contributed by atoms with van der Waals surface area (Å²) >= 11 is 1.76. The number of likely N-dealkylation sites (tertiary alicyclic amines) is 1. The van der Waals surface area contributed by atoms with Crippen molar-refractivity contribution in [3.63, 3.8) is 0 Å². The van der Waals surface area contributed by atoms with Crippen LogP contribution in [-0.4, -0.2) is 43.1 Å².